The number of rotatable bonds is 5. The van der Waals surface area contributed by atoms with Crippen LogP contribution in [0.1, 0.15) is 27.3 Å². The third-order valence-electron chi connectivity index (χ3n) is 4.36. The van der Waals surface area contributed by atoms with Gasteiger partial charge in [-0.1, -0.05) is 17.3 Å². The maximum absolute atomic E-state index is 12.8. The molecule has 27 heavy (non-hydrogen) atoms. The second-order valence-corrected chi connectivity index (χ2v) is 6.25. The number of nitrogens with zero attached hydrogens (tertiary/aromatic N) is 3. The first-order valence-electron chi connectivity index (χ1n) is 8.48. The van der Waals surface area contributed by atoms with Crippen LogP contribution in [0.2, 0.25) is 0 Å². The van der Waals surface area contributed by atoms with E-state index in [-0.39, 0.29) is 11.6 Å². The van der Waals surface area contributed by atoms with E-state index in [9.17, 15) is 4.79 Å². The minimum atomic E-state index is -0.365. The van der Waals surface area contributed by atoms with Crippen molar-refractivity contribution in [1.29, 1.82) is 0 Å². The van der Waals surface area contributed by atoms with Gasteiger partial charge in [-0.3, -0.25) is 4.79 Å². The topological polar surface area (TPSA) is 78.3 Å². The molecule has 3 aromatic rings. The van der Waals surface area contributed by atoms with Gasteiger partial charge in [0.1, 0.15) is 11.5 Å². The van der Waals surface area contributed by atoms with Gasteiger partial charge < -0.3 is 14.8 Å². The minimum absolute atomic E-state index is 0.251. The molecule has 1 heterocycles. The van der Waals surface area contributed by atoms with E-state index >= 15 is 0 Å². The van der Waals surface area contributed by atoms with Crippen molar-refractivity contribution < 1.29 is 14.3 Å². The Morgan fingerprint density at radius 1 is 1.04 bits per heavy atom. The highest BCUT2D eigenvalue weighted by atomic mass is 16.5. The Bertz CT molecular complexity index is 995. The SMILES string of the molecule is COc1ccc(OC)c(NC(=O)c2nnn(-c3cc(C)ccc3C)c2C)c1. The summed E-state index contributed by atoms with van der Waals surface area (Å²) in [5.41, 5.74) is 4.47. The zero-order chi connectivity index (χ0) is 19.6. The van der Waals surface area contributed by atoms with E-state index in [1.165, 1.54) is 0 Å². The number of ether oxygens (including phenoxy) is 2. The van der Waals surface area contributed by atoms with E-state index < -0.39 is 0 Å². The average Bonchev–Trinajstić information content (AvgIpc) is 3.05. The molecule has 0 saturated heterocycles. The van der Waals surface area contributed by atoms with Crippen LogP contribution in [-0.4, -0.2) is 35.1 Å². The second-order valence-electron chi connectivity index (χ2n) is 6.25. The highest BCUT2D eigenvalue weighted by molar-refractivity contribution is 6.04. The van der Waals surface area contributed by atoms with Gasteiger partial charge in [0.15, 0.2) is 5.69 Å². The third kappa shape index (κ3) is 3.62. The molecule has 140 valence electrons. The Kier molecular flexibility index (Phi) is 5.12. The monoisotopic (exact) mass is 366 g/mol. The van der Waals surface area contributed by atoms with Crippen molar-refractivity contribution >= 4 is 11.6 Å². The van der Waals surface area contributed by atoms with Crippen LogP contribution in [0.5, 0.6) is 11.5 Å². The van der Waals surface area contributed by atoms with E-state index in [1.54, 1.807) is 37.1 Å². The highest BCUT2D eigenvalue weighted by Gasteiger charge is 2.20. The number of hydrogen-bond donors (Lipinski definition) is 1. The van der Waals surface area contributed by atoms with Crippen molar-refractivity contribution in [2.24, 2.45) is 0 Å². The van der Waals surface area contributed by atoms with Gasteiger partial charge in [-0.2, -0.15) is 0 Å². The molecule has 0 fully saturated rings. The Morgan fingerprint density at radius 3 is 2.52 bits per heavy atom. The lowest BCUT2D eigenvalue weighted by Gasteiger charge is -2.11. The van der Waals surface area contributed by atoms with Crippen LogP contribution in [0.3, 0.4) is 0 Å². The molecule has 0 unspecified atom stereocenters. The van der Waals surface area contributed by atoms with Crippen LogP contribution in [0.25, 0.3) is 5.69 Å². The maximum Gasteiger partial charge on any atom is 0.278 e. The van der Waals surface area contributed by atoms with Crippen LogP contribution in [0, 0.1) is 20.8 Å². The molecule has 7 heteroatoms. The van der Waals surface area contributed by atoms with Crippen LogP contribution >= 0.6 is 0 Å². The summed E-state index contributed by atoms with van der Waals surface area (Å²) < 4.78 is 12.2. The van der Waals surface area contributed by atoms with Crippen LogP contribution in [0.4, 0.5) is 5.69 Å². The first kappa shape index (κ1) is 18.4. The van der Waals surface area contributed by atoms with Crippen molar-refractivity contribution in [3.8, 4) is 17.2 Å². The first-order chi connectivity index (χ1) is 12.9. The zero-order valence-electron chi connectivity index (χ0n) is 16.0. The van der Waals surface area contributed by atoms with Gasteiger partial charge in [0.05, 0.1) is 31.3 Å². The predicted molar refractivity (Wildman–Crippen MR) is 103 cm³/mol. The zero-order valence-corrected chi connectivity index (χ0v) is 16.0. The standard InChI is InChI=1S/C20H22N4O3/c1-12-6-7-13(2)17(10-12)24-14(3)19(22-23-24)20(25)21-16-11-15(26-4)8-9-18(16)27-5/h6-11H,1-5H3,(H,21,25). The number of carbonyl (C=O) groups excluding carboxylic acids is 1. The maximum atomic E-state index is 12.8. The highest BCUT2D eigenvalue weighted by Crippen LogP contribution is 2.29. The van der Waals surface area contributed by atoms with Gasteiger partial charge in [-0.05, 0) is 50.1 Å². The van der Waals surface area contributed by atoms with E-state index in [2.05, 4.69) is 15.6 Å². The second kappa shape index (κ2) is 7.49. The summed E-state index contributed by atoms with van der Waals surface area (Å²) in [5, 5.41) is 11.1. The largest absolute Gasteiger partial charge is 0.497 e. The third-order valence-corrected chi connectivity index (χ3v) is 4.36. The normalized spacial score (nSPS) is 10.6. The predicted octanol–water partition coefficient (Wildman–Crippen LogP) is 3.46. The van der Waals surface area contributed by atoms with Gasteiger partial charge in [-0.25, -0.2) is 4.68 Å². The number of hydrogen-bond acceptors (Lipinski definition) is 5. The molecule has 0 spiro atoms. The summed E-state index contributed by atoms with van der Waals surface area (Å²) in [6.45, 7) is 5.83. The van der Waals surface area contributed by atoms with Crippen LogP contribution in [0.15, 0.2) is 36.4 Å². The summed E-state index contributed by atoms with van der Waals surface area (Å²) in [7, 11) is 3.10. The number of benzene rings is 2. The first-order valence-corrected chi connectivity index (χ1v) is 8.48. The Hall–Kier alpha value is -3.35. The Balaban J connectivity index is 1.93. The fraction of sp³-hybridized carbons (Fsp3) is 0.250. The summed E-state index contributed by atoms with van der Waals surface area (Å²) >= 11 is 0. The number of methoxy groups -OCH3 is 2. The minimum Gasteiger partial charge on any atom is -0.497 e. The lowest BCUT2D eigenvalue weighted by Crippen LogP contribution is -2.15. The summed E-state index contributed by atoms with van der Waals surface area (Å²) in [6, 6.07) is 11.3. The van der Waals surface area contributed by atoms with E-state index in [1.807, 2.05) is 39.0 Å². The van der Waals surface area contributed by atoms with Crippen molar-refractivity contribution in [3.63, 3.8) is 0 Å². The molecule has 0 aliphatic carbocycles. The lowest BCUT2D eigenvalue weighted by molar-refractivity contribution is 0.102. The van der Waals surface area contributed by atoms with Crippen molar-refractivity contribution in [1.82, 2.24) is 15.0 Å². The van der Waals surface area contributed by atoms with Gasteiger partial charge in [0, 0.05) is 6.07 Å². The molecule has 0 radical (unpaired) electrons. The molecule has 0 bridgehead atoms. The number of carbonyl (C=O) groups is 1. The molecular weight excluding hydrogens is 344 g/mol. The number of aromatic nitrogens is 3. The van der Waals surface area contributed by atoms with Crippen LogP contribution < -0.4 is 14.8 Å². The fourth-order valence-corrected chi connectivity index (χ4v) is 2.81. The van der Waals surface area contributed by atoms with Gasteiger partial charge in [0.25, 0.3) is 5.91 Å². The Morgan fingerprint density at radius 2 is 1.81 bits per heavy atom. The smallest absolute Gasteiger partial charge is 0.278 e. The van der Waals surface area contributed by atoms with Gasteiger partial charge in [0.2, 0.25) is 0 Å². The summed E-state index contributed by atoms with van der Waals surface area (Å²) in [5.74, 6) is 0.779. The molecule has 3 rings (SSSR count). The number of anilines is 1. The Labute approximate surface area is 157 Å². The van der Waals surface area contributed by atoms with Gasteiger partial charge >= 0.3 is 0 Å². The molecule has 0 atom stereocenters. The van der Waals surface area contributed by atoms with Crippen molar-refractivity contribution in [2.45, 2.75) is 20.8 Å². The summed E-state index contributed by atoms with van der Waals surface area (Å²) in [6.07, 6.45) is 0. The van der Waals surface area contributed by atoms with E-state index in [0.717, 1.165) is 16.8 Å². The van der Waals surface area contributed by atoms with E-state index in [0.29, 0.717) is 22.9 Å². The molecule has 0 aliphatic rings. The number of aryl methyl sites for hydroxylation is 2. The molecular formula is C20H22N4O3. The van der Waals surface area contributed by atoms with Crippen LogP contribution in [-0.2, 0) is 0 Å². The number of amides is 1. The molecule has 0 saturated carbocycles. The molecule has 7 nitrogen and oxygen atoms in total. The quantitative estimate of drug-likeness (QED) is 0.748. The van der Waals surface area contributed by atoms with Crippen molar-refractivity contribution in [3.05, 3.63) is 58.9 Å². The molecule has 2 aromatic carbocycles. The van der Waals surface area contributed by atoms with E-state index in [4.69, 9.17) is 9.47 Å². The van der Waals surface area contributed by atoms with Crippen molar-refractivity contribution in [2.75, 3.05) is 19.5 Å². The fourth-order valence-electron chi connectivity index (χ4n) is 2.81. The van der Waals surface area contributed by atoms with Gasteiger partial charge in [-0.15, -0.1) is 5.10 Å². The molecule has 1 N–H and O–H groups in total. The summed E-state index contributed by atoms with van der Waals surface area (Å²) in [4.78, 5) is 12.8. The average molecular weight is 366 g/mol. The molecule has 0 aliphatic heterocycles. The lowest BCUT2D eigenvalue weighted by atomic mass is 10.1. The number of nitrogens with one attached hydrogen (secondary N) is 1. The molecule has 1 aromatic heterocycles. The molecule has 1 amide bonds.